The van der Waals surface area contributed by atoms with Gasteiger partial charge in [-0.1, -0.05) is 17.7 Å². The quantitative estimate of drug-likeness (QED) is 0.377. The van der Waals surface area contributed by atoms with Crippen molar-refractivity contribution < 1.29 is 27.4 Å². The van der Waals surface area contributed by atoms with Crippen molar-refractivity contribution in [1.29, 1.82) is 0 Å². The van der Waals surface area contributed by atoms with Gasteiger partial charge in [0.2, 0.25) is 0 Å². The van der Waals surface area contributed by atoms with Crippen LogP contribution >= 0.6 is 0 Å². The van der Waals surface area contributed by atoms with Crippen molar-refractivity contribution in [2.75, 3.05) is 12.4 Å². The maximum absolute atomic E-state index is 12.8. The number of carbonyl (C=O) groups excluding carboxylic acids is 1. The lowest BCUT2D eigenvalue weighted by Crippen LogP contribution is -2.17. The molecule has 0 bridgehead atoms. The average molecular weight is 467 g/mol. The number of anilines is 1. The number of nitrogens with zero attached hydrogens (tertiary/aromatic N) is 2. The fourth-order valence-corrected chi connectivity index (χ4v) is 3.25. The number of methoxy groups -OCH3 is 1. The highest BCUT2D eigenvalue weighted by Gasteiger charge is 2.31. The first-order valence-electron chi connectivity index (χ1n) is 10.2. The molecule has 0 aliphatic heterocycles. The van der Waals surface area contributed by atoms with Crippen molar-refractivity contribution >= 4 is 11.7 Å². The van der Waals surface area contributed by atoms with E-state index in [4.69, 9.17) is 4.74 Å². The zero-order valence-electron chi connectivity index (χ0n) is 18.3. The molecule has 1 aromatic heterocycles. The molecule has 1 amide bonds. The van der Waals surface area contributed by atoms with Gasteiger partial charge in [0.1, 0.15) is 17.3 Å². The van der Waals surface area contributed by atoms with Gasteiger partial charge in [0.05, 0.1) is 18.5 Å². The van der Waals surface area contributed by atoms with Gasteiger partial charge in [-0.3, -0.25) is 4.79 Å². The lowest BCUT2D eigenvalue weighted by molar-refractivity contribution is -0.274. The van der Waals surface area contributed by atoms with Gasteiger partial charge in [-0.25, -0.2) is 4.68 Å². The van der Waals surface area contributed by atoms with Crippen molar-refractivity contribution in [2.45, 2.75) is 13.3 Å². The van der Waals surface area contributed by atoms with E-state index in [0.29, 0.717) is 17.3 Å². The van der Waals surface area contributed by atoms with E-state index in [1.807, 2.05) is 55.5 Å². The van der Waals surface area contributed by atoms with Crippen molar-refractivity contribution in [2.24, 2.45) is 0 Å². The molecule has 0 radical (unpaired) electrons. The SMILES string of the molecule is COc1ccc(-c2cc(NC(=O)c3ccc(OC(F)(F)F)cc3)n(-c3ccc(C)cc3)n2)cc1. The van der Waals surface area contributed by atoms with Gasteiger partial charge in [-0.15, -0.1) is 13.2 Å². The number of aryl methyl sites for hydroxylation is 1. The van der Waals surface area contributed by atoms with Crippen molar-refractivity contribution in [3.8, 4) is 28.4 Å². The van der Waals surface area contributed by atoms with Gasteiger partial charge in [-0.05, 0) is 67.6 Å². The summed E-state index contributed by atoms with van der Waals surface area (Å²) in [5.41, 5.74) is 3.40. The largest absolute Gasteiger partial charge is 0.573 e. The molecule has 3 aromatic carbocycles. The van der Waals surface area contributed by atoms with Crippen LogP contribution in [0.5, 0.6) is 11.5 Å². The molecule has 6 nitrogen and oxygen atoms in total. The van der Waals surface area contributed by atoms with Gasteiger partial charge in [-0.2, -0.15) is 5.10 Å². The second-order valence-corrected chi connectivity index (χ2v) is 7.42. The summed E-state index contributed by atoms with van der Waals surface area (Å²) in [6.07, 6.45) is -4.80. The molecule has 34 heavy (non-hydrogen) atoms. The lowest BCUT2D eigenvalue weighted by Gasteiger charge is -2.11. The van der Waals surface area contributed by atoms with E-state index in [1.54, 1.807) is 17.9 Å². The Bertz CT molecular complexity index is 1280. The molecule has 0 saturated carbocycles. The Kier molecular flexibility index (Phi) is 6.27. The highest BCUT2D eigenvalue weighted by molar-refractivity contribution is 6.04. The Morgan fingerprint density at radius 1 is 0.912 bits per heavy atom. The van der Waals surface area contributed by atoms with E-state index in [1.165, 1.54) is 12.1 Å². The molecule has 1 heterocycles. The minimum Gasteiger partial charge on any atom is -0.497 e. The third kappa shape index (κ3) is 5.37. The number of alkyl halides is 3. The summed E-state index contributed by atoms with van der Waals surface area (Å²) in [6.45, 7) is 1.96. The Morgan fingerprint density at radius 3 is 2.12 bits per heavy atom. The minimum absolute atomic E-state index is 0.164. The predicted molar refractivity (Wildman–Crippen MR) is 121 cm³/mol. The molecule has 4 rings (SSSR count). The number of amides is 1. The van der Waals surface area contributed by atoms with Crippen molar-refractivity contribution in [3.05, 3.63) is 90.0 Å². The molecule has 9 heteroatoms. The zero-order chi connectivity index (χ0) is 24.3. The molecular formula is C25H20F3N3O3. The van der Waals surface area contributed by atoms with E-state index >= 15 is 0 Å². The number of carbonyl (C=O) groups is 1. The summed E-state index contributed by atoms with van der Waals surface area (Å²) in [6, 6.07) is 21.3. The summed E-state index contributed by atoms with van der Waals surface area (Å²) in [5, 5.41) is 7.45. The molecule has 1 N–H and O–H groups in total. The Balaban J connectivity index is 1.64. The monoisotopic (exact) mass is 467 g/mol. The number of nitrogens with one attached hydrogen (secondary N) is 1. The van der Waals surface area contributed by atoms with Gasteiger partial charge in [0, 0.05) is 17.2 Å². The topological polar surface area (TPSA) is 65.4 Å². The first-order valence-corrected chi connectivity index (χ1v) is 10.2. The van der Waals surface area contributed by atoms with Gasteiger partial charge in [0.25, 0.3) is 5.91 Å². The highest BCUT2D eigenvalue weighted by atomic mass is 19.4. The maximum atomic E-state index is 12.8. The first kappa shape index (κ1) is 22.9. The molecule has 0 spiro atoms. The fraction of sp³-hybridized carbons (Fsp3) is 0.120. The number of hydrogen-bond acceptors (Lipinski definition) is 4. The van der Waals surface area contributed by atoms with E-state index in [2.05, 4.69) is 15.2 Å². The van der Waals surface area contributed by atoms with Crippen LogP contribution in [0.25, 0.3) is 16.9 Å². The van der Waals surface area contributed by atoms with Crippen LogP contribution in [0.2, 0.25) is 0 Å². The maximum Gasteiger partial charge on any atom is 0.573 e. The number of hydrogen-bond donors (Lipinski definition) is 1. The van der Waals surface area contributed by atoms with E-state index < -0.39 is 18.0 Å². The normalized spacial score (nSPS) is 11.2. The number of halogens is 3. The summed E-state index contributed by atoms with van der Waals surface area (Å²) in [7, 11) is 1.58. The number of benzene rings is 3. The molecule has 0 aliphatic rings. The fourth-order valence-electron chi connectivity index (χ4n) is 3.25. The van der Waals surface area contributed by atoms with Crippen LogP contribution in [-0.4, -0.2) is 29.2 Å². The molecule has 174 valence electrons. The molecule has 0 saturated heterocycles. The van der Waals surface area contributed by atoms with Crippen LogP contribution in [0.1, 0.15) is 15.9 Å². The predicted octanol–water partition coefficient (Wildman–Crippen LogP) is 6.01. The smallest absolute Gasteiger partial charge is 0.497 e. The summed E-state index contributed by atoms with van der Waals surface area (Å²) in [5.74, 6) is 0.187. The summed E-state index contributed by atoms with van der Waals surface area (Å²) in [4.78, 5) is 12.8. The first-order chi connectivity index (χ1) is 16.2. The molecule has 0 atom stereocenters. The highest BCUT2D eigenvalue weighted by Crippen LogP contribution is 2.27. The molecule has 0 fully saturated rings. The Morgan fingerprint density at radius 2 is 1.53 bits per heavy atom. The van der Waals surface area contributed by atoms with E-state index in [-0.39, 0.29) is 5.56 Å². The van der Waals surface area contributed by atoms with Gasteiger partial charge >= 0.3 is 6.36 Å². The number of ether oxygens (including phenoxy) is 2. The Hall–Kier alpha value is -4.27. The lowest BCUT2D eigenvalue weighted by atomic mass is 10.1. The number of rotatable bonds is 6. The van der Waals surface area contributed by atoms with Crippen LogP contribution < -0.4 is 14.8 Å². The molecule has 0 aliphatic carbocycles. The number of aromatic nitrogens is 2. The third-order valence-corrected chi connectivity index (χ3v) is 4.97. The molecular weight excluding hydrogens is 447 g/mol. The Labute approximate surface area is 193 Å². The van der Waals surface area contributed by atoms with E-state index in [9.17, 15) is 18.0 Å². The van der Waals surface area contributed by atoms with Crippen LogP contribution in [0.3, 0.4) is 0 Å². The standard InChI is InChI=1S/C25H20F3N3O3/c1-16-3-9-19(10-4-16)31-23(15-22(30-31)17-5-11-20(33-2)12-6-17)29-24(32)18-7-13-21(14-8-18)34-25(26,27)28/h3-15H,1-2H3,(H,29,32). The average Bonchev–Trinajstić information content (AvgIpc) is 3.22. The third-order valence-electron chi connectivity index (χ3n) is 4.97. The van der Waals surface area contributed by atoms with Crippen molar-refractivity contribution in [3.63, 3.8) is 0 Å². The van der Waals surface area contributed by atoms with Gasteiger partial charge < -0.3 is 14.8 Å². The molecule has 0 unspecified atom stereocenters. The summed E-state index contributed by atoms with van der Waals surface area (Å²) >= 11 is 0. The zero-order valence-corrected chi connectivity index (χ0v) is 18.3. The van der Waals surface area contributed by atoms with E-state index in [0.717, 1.165) is 28.9 Å². The van der Waals surface area contributed by atoms with Gasteiger partial charge in [0.15, 0.2) is 0 Å². The van der Waals surface area contributed by atoms with Crippen LogP contribution in [0.15, 0.2) is 78.9 Å². The second-order valence-electron chi connectivity index (χ2n) is 7.42. The van der Waals surface area contributed by atoms with Crippen LogP contribution in [0.4, 0.5) is 19.0 Å². The minimum atomic E-state index is -4.80. The van der Waals surface area contributed by atoms with Crippen LogP contribution in [-0.2, 0) is 0 Å². The summed E-state index contributed by atoms with van der Waals surface area (Å²) < 4.78 is 47.8. The van der Waals surface area contributed by atoms with Crippen molar-refractivity contribution in [1.82, 2.24) is 9.78 Å². The van der Waals surface area contributed by atoms with Crippen LogP contribution in [0, 0.1) is 6.92 Å². The second kappa shape index (κ2) is 9.30. The molecule has 4 aromatic rings.